The van der Waals surface area contributed by atoms with Crippen LogP contribution in [-0.2, 0) is 0 Å². The van der Waals surface area contributed by atoms with Crippen molar-refractivity contribution < 1.29 is 0 Å². The van der Waals surface area contributed by atoms with E-state index in [1.165, 1.54) is 6.42 Å². The minimum absolute atomic E-state index is 0.623. The van der Waals surface area contributed by atoms with Crippen LogP contribution in [0.1, 0.15) is 27.2 Å². The Kier molecular flexibility index (Phi) is 2.68. The molecule has 1 aliphatic rings. The Morgan fingerprint density at radius 3 is 2.22 bits per heavy atom. The Bertz CT molecular complexity index is 87.6. The van der Waals surface area contributed by atoms with Crippen LogP contribution in [0.15, 0.2) is 0 Å². The van der Waals surface area contributed by atoms with Crippen molar-refractivity contribution in [1.82, 2.24) is 0 Å². The van der Waals surface area contributed by atoms with Gasteiger partial charge < -0.3 is 0 Å². The maximum atomic E-state index is 2.39. The SMILES string of the molecule is CC(C)(C)C1CC[Se][Se]1. The standard InChI is InChI=1S/C7H14Se2/c1-7(2,3)6-4-5-8-9-6/h6H,4-5H2,1-3H3. The van der Waals surface area contributed by atoms with Crippen molar-refractivity contribution >= 4 is 26.3 Å². The molecule has 0 aromatic rings. The molecule has 1 heterocycles. The summed E-state index contributed by atoms with van der Waals surface area (Å²) in [5.41, 5.74) is 0.623. The molecule has 0 N–H and O–H groups in total. The molecule has 0 spiro atoms. The zero-order valence-corrected chi connectivity index (χ0v) is 9.73. The van der Waals surface area contributed by atoms with Gasteiger partial charge in [0.15, 0.2) is 0 Å². The van der Waals surface area contributed by atoms with E-state index in [4.69, 9.17) is 0 Å². The average molecular weight is 256 g/mol. The minimum atomic E-state index is 0.623. The molecule has 1 fully saturated rings. The first-order valence-electron chi connectivity index (χ1n) is 3.39. The summed E-state index contributed by atoms with van der Waals surface area (Å²) in [5.74, 6) is 0. The van der Waals surface area contributed by atoms with Crippen LogP contribution < -0.4 is 0 Å². The molecule has 0 saturated carbocycles. The van der Waals surface area contributed by atoms with Crippen LogP contribution in [0, 0.1) is 5.41 Å². The van der Waals surface area contributed by atoms with Crippen molar-refractivity contribution in [2.75, 3.05) is 0 Å². The topological polar surface area (TPSA) is 0 Å². The van der Waals surface area contributed by atoms with Gasteiger partial charge in [-0.1, -0.05) is 0 Å². The average Bonchev–Trinajstić information content (AvgIpc) is 2.08. The van der Waals surface area contributed by atoms with Gasteiger partial charge in [0.05, 0.1) is 0 Å². The van der Waals surface area contributed by atoms with Gasteiger partial charge in [0.25, 0.3) is 0 Å². The number of hydrogen-bond acceptors (Lipinski definition) is 0. The van der Waals surface area contributed by atoms with E-state index in [9.17, 15) is 0 Å². The molecule has 0 nitrogen and oxygen atoms in total. The van der Waals surface area contributed by atoms with E-state index in [0.717, 1.165) is 31.1 Å². The predicted octanol–water partition coefficient (Wildman–Crippen LogP) is 1.97. The molecular formula is C7H14Se2. The second-order valence-electron chi connectivity index (χ2n) is 3.56. The van der Waals surface area contributed by atoms with E-state index in [-0.39, 0.29) is 0 Å². The summed E-state index contributed by atoms with van der Waals surface area (Å²) in [4.78, 5) is 1.10. The van der Waals surface area contributed by atoms with Crippen LogP contribution in [0.2, 0.25) is 10.1 Å². The molecule has 1 atom stereocenters. The van der Waals surface area contributed by atoms with Gasteiger partial charge >= 0.3 is 69.0 Å². The first kappa shape index (κ1) is 8.14. The normalized spacial score (nSPS) is 29.0. The molecule has 1 aliphatic heterocycles. The third-order valence-corrected chi connectivity index (χ3v) is 11.0. The maximum absolute atomic E-state index is 2.39. The molecule has 0 aromatic heterocycles. The summed E-state index contributed by atoms with van der Waals surface area (Å²) >= 11 is 2.09. The molecule has 9 heavy (non-hydrogen) atoms. The van der Waals surface area contributed by atoms with Gasteiger partial charge in [-0.2, -0.15) is 0 Å². The molecule has 0 aliphatic carbocycles. The number of hydrogen-bond donors (Lipinski definition) is 0. The van der Waals surface area contributed by atoms with Crippen molar-refractivity contribution in [3.63, 3.8) is 0 Å². The van der Waals surface area contributed by atoms with Gasteiger partial charge in [0.1, 0.15) is 0 Å². The Balaban J connectivity index is 2.42. The molecule has 0 radical (unpaired) electrons. The van der Waals surface area contributed by atoms with Crippen LogP contribution >= 0.6 is 0 Å². The molecule has 0 aromatic carbocycles. The van der Waals surface area contributed by atoms with E-state index >= 15 is 0 Å². The second kappa shape index (κ2) is 2.96. The Labute approximate surface area is 69.0 Å². The van der Waals surface area contributed by atoms with Gasteiger partial charge in [0, 0.05) is 0 Å². The molecule has 2 heteroatoms. The summed E-state index contributed by atoms with van der Waals surface area (Å²) in [6, 6.07) is 0. The Morgan fingerprint density at radius 2 is 2.00 bits per heavy atom. The quantitative estimate of drug-likeness (QED) is 0.581. The zero-order valence-electron chi connectivity index (χ0n) is 6.31. The summed E-state index contributed by atoms with van der Waals surface area (Å²) in [7, 11) is 0. The molecule has 1 rings (SSSR count). The Morgan fingerprint density at radius 1 is 1.33 bits per heavy atom. The molecule has 1 saturated heterocycles. The van der Waals surface area contributed by atoms with Crippen LogP contribution in [0.3, 0.4) is 0 Å². The van der Waals surface area contributed by atoms with Gasteiger partial charge in [-0.15, -0.1) is 0 Å². The van der Waals surface area contributed by atoms with E-state index in [1.807, 2.05) is 0 Å². The van der Waals surface area contributed by atoms with Crippen LogP contribution in [-0.4, -0.2) is 26.3 Å². The third-order valence-electron chi connectivity index (χ3n) is 1.61. The third kappa shape index (κ3) is 2.27. The van der Waals surface area contributed by atoms with Crippen molar-refractivity contribution in [2.24, 2.45) is 5.41 Å². The Hall–Kier alpha value is 1.04. The van der Waals surface area contributed by atoms with E-state index in [0.29, 0.717) is 5.41 Å². The number of rotatable bonds is 0. The fourth-order valence-corrected chi connectivity index (χ4v) is 12.1. The van der Waals surface area contributed by atoms with Crippen LogP contribution in [0.5, 0.6) is 0 Å². The summed E-state index contributed by atoms with van der Waals surface area (Å²) in [5, 5.41) is 1.56. The van der Waals surface area contributed by atoms with Gasteiger partial charge in [-0.25, -0.2) is 0 Å². The monoisotopic (exact) mass is 258 g/mol. The van der Waals surface area contributed by atoms with Gasteiger partial charge in [0.2, 0.25) is 0 Å². The van der Waals surface area contributed by atoms with Crippen LogP contribution in [0.25, 0.3) is 0 Å². The van der Waals surface area contributed by atoms with Crippen molar-refractivity contribution in [2.45, 2.75) is 37.3 Å². The molecule has 54 valence electrons. The summed E-state index contributed by atoms with van der Waals surface area (Å²) in [6.45, 7) is 7.17. The van der Waals surface area contributed by atoms with Gasteiger partial charge in [-0.05, 0) is 0 Å². The van der Waals surface area contributed by atoms with Crippen LogP contribution in [0.4, 0.5) is 0 Å². The van der Waals surface area contributed by atoms with E-state index in [1.54, 1.807) is 5.32 Å². The molecule has 1 unspecified atom stereocenters. The molecule has 0 bridgehead atoms. The summed E-state index contributed by atoms with van der Waals surface area (Å²) < 4.78 is 0. The van der Waals surface area contributed by atoms with E-state index < -0.39 is 0 Å². The zero-order chi connectivity index (χ0) is 6.91. The van der Waals surface area contributed by atoms with Crippen molar-refractivity contribution in [3.8, 4) is 0 Å². The van der Waals surface area contributed by atoms with Crippen molar-refractivity contribution in [1.29, 1.82) is 0 Å². The first-order chi connectivity index (χ1) is 4.11. The first-order valence-corrected chi connectivity index (χ1v) is 9.92. The fourth-order valence-electron chi connectivity index (χ4n) is 0.911. The second-order valence-corrected chi connectivity index (χ2v) is 11.2. The molecular weight excluding hydrogens is 242 g/mol. The summed E-state index contributed by atoms with van der Waals surface area (Å²) in [6.07, 6.45) is 1.53. The van der Waals surface area contributed by atoms with Gasteiger partial charge in [-0.3, -0.25) is 0 Å². The fraction of sp³-hybridized carbons (Fsp3) is 1.00. The van der Waals surface area contributed by atoms with E-state index in [2.05, 4.69) is 20.8 Å². The predicted molar refractivity (Wildman–Crippen MR) is 44.1 cm³/mol. The molecule has 0 amide bonds. The van der Waals surface area contributed by atoms with Crippen molar-refractivity contribution in [3.05, 3.63) is 0 Å².